The van der Waals surface area contributed by atoms with Crippen molar-refractivity contribution in [2.24, 2.45) is 0 Å². The molecule has 0 saturated heterocycles. The number of nitriles is 1. The topological polar surface area (TPSA) is 84.0 Å². The van der Waals surface area contributed by atoms with Crippen molar-refractivity contribution >= 4 is 22.6 Å². The van der Waals surface area contributed by atoms with Crippen LogP contribution in [0.2, 0.25) is 5.02 Å². The van der Waals surface area contributed by atoms with Crippen molar-refractivity contribution in [2.75, 3.05) is 7.11 Å². The van der Waals surface area contributed by atoms with Gasteiger partial charge in [0.25, 0.3) is 5.52 Å². The maximum absolute atomic E-state index is 12.7. The van der Waals surface area contributed by atoms with Gasteiger partial charge in [0.05, 0.1) is 17.1 Å². The summed E-state index contributed by atoms with van der Waals surface area (Å²) in [5, 5.41) is 22.3. The van der Waals surface area contributed by atoms with Gasteiger partial charge < -0.3 is 14.7 Å². The predicted molar refractivity (Wildman–Crippen MR) is 85.8 cm³/mol. The normalized spacial score (nSPS) is 10.5. The van der Waals surface area contributed by atoms with Crippen LogP contribution in [-0.2, 0) is 0 Å². The highest BCUT2D eigenvalue weighted by atomic mass is 35.5. The number of halogens is 1. The lowest BCUT2D eigenvalue weighted by atomic mass is 10.1. The van der Waals surface area contributed by atoms with E-state index in [1.165, 1.54) is 19.2 Å². The molecule has 6 nitrogen and oxygen atoms in total. The van der Waals surface area contributed by atoms with E-state index in [0.717, 1.165) is 0 Å². The molecule has 0 unspecified atom stereocenters. The lowest BCUT2D eigenvalue weighted by Crippen LogP contribution is -2.24. The molecule has 3 rings (SSSR count). The molecule has 1 aromatic heterocycles. The van der Waals surface area contributed by atoms with Crippen LogP contribution in [0.3, 0.4) is 0 Å². The van der Waals surface area contributed by atoms with Gasteiger partial charge in [0.15, 0.2) is 5.69 Å². The molecule has 0 saturated carbocycles. The first kappa shape index (κ1) is 14.9. The first-order valence-electron chi connectivity index (χ1n) is 6.59. The summed E-state index contributed by atoms with van der Waals surface area (Å²) < 4.78 is 6.07. The molecule has 114 valence electrons. The van der Waals surface area contributed by atoms with Crippen molar-refractivity contribution in [3.8, 4) is 23.1 Å². The van der Waals surface area contributed by atoms with Crippen LogP contribution in [0.1, 0.15) is 5.69 Å². The largest absolute Gasteiger partial charge is 0.804 e. The summed E-state index contributed by atoms with van der Waals surface area (Å²) >= 11 is 5.84. The maximum Gasteiger partial charge on any atom is 0.304 e. The summed E-state index contributed by atoms with van der Waals surface area (Å²) in [6.07, 6.45) is 0. The van der Waals surface area contributed by atoms with Crippen molar-refractivity contribution in [1.29, 1.82) is 5.26 Å². The van der Waals surface area contributed by atoms with Gasteiger partial charge >= 0.3 is 5.69 Å². The Morgan fingerprint density at radius 1 is 1.26 bits per heavy atom. The van der Waals surface area contributed by atoms with E-state index in [-0.39, 0.29) is 22.4 Å². The van der Waals surface area contributed by atoms with E-state index in [4.69, 9.17) is 16.3 Å². The number of aromatic nitrogens is 2. The molecule has 0 fully saturated rings. The fraction of sp³-hybridized carbons (Fsp3) is 0.0625. The fourth-order valence-electron chi connectivity index (χ4n) is 2.36. The Morgan fingerprint density at radius 2 is 1.96 bits per heavy atom. The van der Waals surface area contributed by atoms with Crippen LogP contribution in [0.4, 0.5) is 0 Å². The Labute approximate surface area is 135 Å². The number of ether oxygens (including phenoxy) is 1. The summed E-state index contributed by atoms with van der Waals surface area (Å²) in [5.74, 6) is 0.422. The molecule has 0 aliphatic heterocycles. The highest BCUT2D eigenvalue weighted by Crippen LogP contribution is 2.26. The van der Waals surface area contributed by atoms with Gasteiger partial charge in [0.2, 0.25) is 0 Å². The van der Waals surface area contributed by atoms with Crippen LogP contribution in [-0.4, -0.2) is 11.8 Å². The van der Waals surface area contributed by atoms with Gasteiger partial charge in [-0.3, -0.25) is 0 Å². The molecule has 1 heterocycles. The Kier molecular flexibility index (Phi) is 3.64. The SMILES string of the molecule is COc1ccc2c(c1)n([O-])c(C#N)c(-c1ccc(Cl)cc1)[n+]2=O. The zero-order chi connectivity index (χ0) is 16.6. The molecule has 2 aromatic carbocycles. The first-order chi connectivity index (χ1) is 11.1. The lowest BCUT2D eigenvalue weighted by molar-refractivity contribution is -0.452. The van der Waals surface area contributed by atoms with E-state index < -0.39 is 0 Å². The number of rotatable bonds is 2. The zero-order valence-corrected chi connectivity index (χ0v) is 12.7. The summed E-state index contributed by atoms with van der Waals surface area (Å²) in [6, 6.07) is 12.6. The van der Waals surface area contributed by atoms with E-state index >= 15 is 0 Å². The number of hydrogen-bond donors (Lipinski definition) is 0. The van der Waals surface area contributed by atoms with E-state index in [0.29, 0.717) is 25.5 Å². The summed E-state index contributed by atoms with van der Waals surface area (Å²) in [6.45, 7) is 0. The Bertz CT molecular complexity index is 1000. The summed E-state index contributed by atoms with van der Waals surface area (Å²) in [4.78, 5) is 12.7. The lowest BCUT2D eigenvalue weighted by Gasteiger charge is -2.15. The van der Waals surface area contributed by atoms with Gasteiger partial charge in [0.1, 0.15) is 17.3 Å². The van der Waals surface area contributed by atoms with Crippen LogP contribution in [0.15, 0.2) is 42.5 Å². The molecule has 0 aliphatic carbocycles. The minimum atomic E-state index is -0.289. The second kappa shape index (κ2) is 5.63. The van der Waals surface area contributed by atoms with Crippen molar-refractivity contribution < 1.29 is 9.16 Å². The standard InChI is InChI=1S/C16H10ClN3O3/c1-23-12-6-7-13-14(8-12)19(21)15(9-18)16(20(13)22)10-2-4-11(17)5-3-10/h2-8H,1H3. The molecular formula is C16H10ClN3O3. The number of benzene rings is 2. The van der Waals surface area contributed by atoms with Crippen LogP contribution < -0.4 is 9.16 Å². The Balaban J connectivity index is 2.43. The molecule has 3 aromatic rings. The number of fused-ring (bicyclic) bond motifs is 1. The number of nitrogens with zero attached hydrogens (tertiary/aromatic N) is 3. The molecule has 23 heavy (non-hydrogen) atoms. The minimum Gasteiger partial charge on any atom is -0.804 e. The molecule has 7 heteroatoms. The van der Waals surface area contributed by atoms with Crippen molar-refractivity contribution in [3.05, 3.63) is 63.3 Å². The highest BCUT2D eigenvalue weighted by Gasteiger charge is 2.24. The third kappa shape index (κ3) is 2.37. The van der Waals surface area contributed by atoms with Crippen molar-refractivity contribution in [1.82, 2.24) is 4.73 Å². The van der Waals surface area contributed by atoms with Crippen molar-refractivity contribution in [3.63, 3.8) is 0 Å². The quantitative estimate of drug-likeness (QED) is 0.677. The molecule has 0 bridgehead atoms. The third-order valence-corrected chi connectivity index (χ3v) is 3.73. The molecule has 0 radical (unpaired) electrons. The molecule has 0 amide bonds. The minimum absolute atomic E-state index is 0.0168. The molecule has 0 atom stereocenters. The summed E-state index contributed by atoms with van der Waals surface area (Å²) in [7, 11) is 1.45. The van der Waals surface area contributed by atoms with Gasteiger partial charge in [-0.05, 0) is 30.3 Å². The number of methoxy groups -OCH3 is 1. The summed E-state index contributed by atoms with van der Waals surface area (Å²) in [5.41, 5.74) is 0.335. The van der Waals surface area contributed by atoms with E-state index in [9.17, 15) is 15.4 Å². The molecule has 0 N–H and O–H groups in total. The average molecular weight is 328 g/mol. The van der Waals surface area contributed by atoms with Crippen LogP contribution >= 0.6 is 11.6 Å². The smallest absolute Gasteiger partial charge is 0.304 e. The second-order valence-corrected chi connectivity index (χ2v) is 5.20. The third-order valence-electron chi connectivity index (χ3n) is 3.47. The predicted octanol–water partition coefficient (Wildman–Crippen LogP) is 3.10. The van der Waals surface area contributed by atoms with Gasteiger partial charge in [-0.15, -0.1) is 0 Å². The van der Waals surface area contributed by atoms with E-state index in [1.54, 1.807) is 36.4 Å². The second-order valence-electron chi connectivity index (χ2n) is 4.76. The van der Waals surface area contributed by atoms with Crippen molar-refractivity contribution in [2.45, 2.75) is 0 Å². The van der Waals surface area contributed by atoms with Gasteiger partial charge in [0, 0.05) is 22.1 Å². The fourth-order valence-corrected chi connectivity index (χ4v) is 2.48. The first-order valence-corrected chi connectivity index (χ1v) is 6.97. The Morgan fingerprint density at radius 3 is 2.57 bits per heavy atom. The molecule has 0 spiro atoms. The van der Waals surface area contributed by atoms with Gasteiger partial charge in [-0.2, -0.15) is 5.26 Å². The van der Waals surface area contributed by atoms with Crippen LogP contribution in [0.25, 0.3) is 22.3 Å². The average Bonchev–Trinajstić information content (AvgIpc) is 2.58. The van der Waals surface area contributed by atoms with E-state index in [1.807, 2.05) is 0 Å². The van der Waals surface area contributed by atoms with Gasteiger partial charge in [-0.25, -0.2) is 0 Å². The maximum atomic E-state index is 12.7. The van der Waals surface area contributed by atoms with E-state index in [2.05, 4.69) is 0 Å². The Hall–Kier alpha value is -3.04. The number of hydrogen-bond acceptors (Lipinski definition) is 4. The monoisotopic (exact) mass is 327 g/mol. The van der Waals surface area contributed by atoms with Crippen LogP contribution in [0.5, 0.6) is 5.75 Å². The van der Waals surface area contributed by atoms with Gasteiger partial charge in [-0.1, -0.05) is 11.6 Å². The highest BCUT2D eigenvalue weighted by molar-refractivity contribution is 6.30. The zero-order valence-electron chi connectivity index (χ0n) is 12.0. The van der Waals surface area contributed by atoms with Crippen LogP contribution in [0, 0.1) is 21.4 Å². The molecule has 0 aliphatic rings. The molecular weight excluding hydrogens is 318 g/mol.